The van der Waals surface area contributed by atoms with Gasteiger partial charge in [0.1, 0.15) is 0 Å². The Labute approximate surface area is 158 Å². The average Bonchev–Trinajstić information content (AvgIpc) is 2.69. The molecule has 0 atom stereocenters. The van der Waals surface area contributed by atoms with Crippen LogP contribution in [0, 0.1) is 0 Å². The summed E-state index contributed by atoms with van der Waals surface area (Å²) < 4.78 is 0. The Morgan fingerprint density at radius 3 is 1.54 bits per heavy atom. The Balaban J connectivity index is 0.000000289. The van der Waals surface area contributed by atoms with Gasteiger partial charge in [-0.05, 0) is 22.3 Å². The minimum absolute atomic E-state index is 0.663. The molecule has 0 fully saturated rings. The van der Waals surface area contributed by atoms with E-state index in [1.807, 2.05) is 54.6 Å². The van der Waals surface area contributed by atoms with Crippen LogP contribution in [0.1, 0.15) is 22.3 Å². The molecule has 0 bridgehead atoms. The summed E-state index contributed by atoms with van der Waals surface area (Å²) in [7, 11) is 0. The number of benzene rings is 2. The third kappa shape index (κ3) is 7.19. The molecule has 0 radical (unpaired) electrons. The zero-order chi connectivity index (χ0) is 19.2. The maximum Gasteiger partial charge on any atom is 0.0240 e. The van der Waals surface area contributed by atoms with E-state index in [1.54, 1.807) is 0 Å². The summed E-state index contributed by atoms with van der Waals surface area (Å²) in [6.45, 7) is 15.2. The van der Waals surface area contributed by atoms with Crippen molar-refractivity contribution in [3.05, 3.63) is 90.5 Å². The van der Waals surface area contributed by atoms with Crippen molar-refractivity contribution in [2.45, 2.75) is 6.54 Å². The molecule has 0 aromatic heterocycles. The van der Waals surface area contributed by atoms with Crippen molar-refractivity contribution in [3.63, 3.8) is 0 Å². The molecular weight excluding hydrogens is 318 g/mol. The van der Waals surface area contributed by atoms with Crippen LogP contribution in [0.15, 0.2) is 68.3 Å². The zero-order valence-corrected chi connectivity index (χ0v) is 15.6. The third-order valence-corrected chi connectivity index (χ3v) is 4.00. The largest absolute Gasteiger partial charge is 0.329 e. The SMILES string of the molecule is C=Cc1ccccc1C=C.C=Cc1ccccc1CN(CCN)CCN. The normalized spacial score (nSPS) is 9.96. The molecule has 2 aromatic carbocycles. The minimum Gasteiger partial charge on any atom is -0.329 e. The van der Waals surface area contributed by atoms with E-state index < -0.39 is 0 Å². The number of nitrogens with zero attached hydrogens (tertiary/aromatic N) is 1. The van der Waals surface area contributed by atoms with Crippen molar-refractivity contribution < 1.29 is 0 Å². The maximum atomic E-state index is 5.58. The van der Waals surface area contributed by atoms with E-state index in [9.17, 15) is 0 Å². The molecule has 0 unspecified atom stereocenters. The van der Waals surface area contributed by atoms with Crippen LogP contribution in [0.4, 0.5) is 0 Å². The monoisotopic (exact) mass is 349 g/mol. The van der Waals surface area contributed by atoms with E-state index in [1.165, 1.54) is 11.1 Å². The van der Waals surface area contributed by atoms with Gasteiger partial charge in [-0.15, -0.1) is 0 Å². The minimum atomic E-state index is 0.663. The van der Waals surface area contributed by atoms with Crippen LogP contribution in [-0.4, -0.2) is 31.1 Å². The smallest absolute Gasteiger partial charge is 0.0240 e. The lowest BCUT2D eigenvalue weighted by Crippen LogP contribution is -2.33. The van der Waals surface area contributed by atoms with Gasteiger partial charge in [0.15, 0.2) is 0 Å². The molecule has 0 amide bonds. The fourth-order valence-electron chi connectivity index (χ4n) is 2.64. The number of hydrogen-bond donors (Lipinski definition) is 2. The summed E-state index contributed by atoms with van der Waals surface area (Å²) in [6, 6.07) is 16.3. The average molecular weight is 350 g/mol. The summed E-state index contributed by atoms with van der Waals surface area (Å²) in [5.41, 5.74) is 15.9. The van der Waals surface area contributed by atoms with Gasteiger partial charge in [-0.1, -0.05) is 86.5 Å². The van der Waals surface area contributed by atoms with Gasteiger partial charge < -0.3 is 11.5 Å². The third-order valence-electron chi connectivity index (χ3n) is 4.00. The number of nitrogens with two attached hydrogens (primary N) is 2. The molecule has 3 nitrogen and oxygen atoms in total. The van der Waals surface area contributed by atoms with Crippen molar-refractivity contribution in [2.75, 3.05) is 26.2 Å². The highest BCUT2D eigenvalue weighted by molar-refractivity contribution is 5.63. The van der Waals surface area contributed by atoms with Gasteiger partial charge in [-0.3, -0.25) is 4.90 Å². The van der Waals surface area contributed by atoms with Crippen molar-refractivity contribution >= 4 is 18.2 Å². The Morgan fingerprint density at radius 1 is 0.692 bits per heavy atom. The van der Waals surface area contributed by atoms with Crippen LogP contribution in [0.25, 0.3) is 18.2 Å². The van der Waals surface area contributed by atoms with Crippen LogP contribution in [-0.2, 0) is 6.54 Å². The summed E-state index contributed by atoms with van der Waals surface area (Å²) in [5.74, 6) is 0. The molecule has 0 saturated carbocycles. The molecule has 2 aromatic rings. The van der Waals surface area contributed by atoms with Crippen LogP contribution in [0.5, 0.6) is 0 Å². The van der Waals surface area contributed by atoms with E-state index in [4.69, 9.17) is 11.5 Å². The Bertz CT molecular complexity index is 658. The summed E-state index contributed by atoms with van der Waals surface area (Å²) in [4.78, 5) is 2.27. The quantitative estimate of drug-likeness (QED) is 0.719. The van der Waals surface area contributed by atoms with E-state index in [0.29, 0.717) is 13.1 Å². The van der Waals surface area contributed by atoms with E-state index in [0.717, 1.165) is 30.8 Å². The lowest BCUT2D eigenvalue weighted by molar-refractivity contribution is 0.280. The molecule has 26 heavy (non-hydrogen) atoms. The topological polar surface area (TPSA) is 55.3 Å². The fraction of sp³-hybridized carbons (Fsp3) is 0.217. The molecule has 3 heteroatoms. The second-order valence-corrected chi connectivity index (χ2v) is 5.79. The molecule has 0 aliphatic carbocycles. The van der Waals surface area contributed by atoms with Gasteiger partial charge >= 0.3 is 0 Å². The predicted molar refractivity (Wildman–Crippen MR) is 117 cm³/mol. The second-order valence-electron chi connectivity index (χ2n) is 5.79. The first-order valence-corrected chi connectivity index (χ1v) is 8.86. The summed E-state index contributed by atoms with van der Waals surface area (Å²) in [5, 5.41) is 0. The van der Waals surface area contributed by atoms with E-state index in [-0.39, 0.29) is 0 Å². The molecule has 0 aliphatic heterocycles. The predicted octanol–water partition coefficient (Wildman–Crippen LogP) is 4.02. The second kappa shape index (κ2) is 12.8. The fourth-order valence-corrected chi connectivity index (χ4v) is 2.64. The first-order valence-electron chi connectivity index (χ1n) is 8.86. The summed E-state index contributed by atoms with van der Waals surface area (Å²) in [6.07, 6.45) is 5.55. The lowest BCUT2D eigenvalue weighted by Gasteiger charge is -2.21. The molecule has 0 heterocycles. The lowest BCUT2D eigenvalue weighted by atomic mass is 10.1. The standard InChI is InChI=1S/C13H21N3.C10H10/c1-2-12-5-3-4-6-13(12)11-16(9-7-14)10-8-15;1-3-9-7-5-6-8-10(9)4-2/h2-6H,1,7-11,14-15H2;3-8H,1-2H2. The highest BCUT2D eigenvalue weighted by atomic mass is 15.1. The molecule has 0 aliphatic rings. The Kier molecular flexibility index (Phi) is 10.7. The highest BCUT2D eigenvalue weighted by Gasteiger charge is 2.06. The van der Waals surface area contributed by atoms with Gasteiger partial charge in [0.25, 0.3) is 0 Å². The van der Waals surface area contributed by atoms with Crippen LogP contribution in [0.2, 0.25) is 0 Å². The molecule has 0 saturated heterocycles. The molecule has 0 spiro atoms. The van der Waals surface area contributed by atoms with Crippen LogP contribution >= 0.6 is 0 Å². The molecule has 4 N–H and O–H groups in total. The van der Waals surface area contributed by atoms with Gasteiger partial charge in [0, 0.05) is 32.7 Å². The number of hydrogen-bond acceptors (Lipinski definition) is 3. The molecule has 2 rings (SSSR count). The molecule has 138 valence electrons. The van der Waals surface area contributed by atoms with Crippen LogP contribution < -0.4 is 11.5 Å². The van der Waals surface area contributed by atoms with Crippen molar-refractivity contribution in [1.82, 2.24) is 4.90 Å². The van der Waals surface area contributed by atoms with Gasteiger partial charge in [0.2, 0.25) is 0 Å². The van der Waals surface area contributed by atoms with Crippen molar-refractivity contribution in [2.24, 2.45) is 11.5 Å². The Morgan fingerprint density at radius 2 is 1.12 bits per heavy atom. The van der Waals surface area contributed by atoms with Gasteiger partial charge in [0.05, 0.1) is 0 Å². The number of rotatable bonds is 9. The van der Waals surface area contributed by atoms with Crippen molar-refractivity contribution in [3.8, 4) is 0 Å². The first kappa shape index (κ1) is 21.6. The van der Waals surface area contributed by atoms with E-state index >= 15 is 0 Å². The van der Waals surface area contributed by atoms with Crippen molar-refractivity contribution in [1.29, 1.82) is 0 Å². The maximum absolute atomic E-state index is 5.58. The van der Waals surface area contributed by atoms with Gasteiger partial charge in [-0.25, -0.2) is 0 Å². The molecular formula is C23H31N3. The zero-order valence-electron chi connectivity index (χ0n) is 15.6. The first-order chi connectivity index (χ1) is 12.7. The Hall–Kier alpha value is -2.46. The van der Waals surface area contributed by atoms with E-state index in [2.05, 4.69) is 36.8 Å². The van der Waals surface area contributed by atoms with Gasteiger partial charge in [-0.2, -0.15) is 0 Å². The summed E-state index contributed by atoms with van der Waals surface area (Å²) >= 11 is 0. The highest BCUT2D eigenvalue weighted by Crippen LogP contribution is 2.12. The van der Waals surface area contributed by atoms with Crippen LogP contribution in [0.3, 0.4) is 0 Å².